The fourth-order valence-corrected chi connectivity index (χ4v) is 0.858. The van der Waals surface area contributed by atoms with Gasteiger partial charge in [0.05, 0.1) is 25.6 Å². The van der Waals surface area contributed by atoms with Gasteiger partial charge in [-0.05, 0) is 14.0 Å². The number of methoxy groups -OCH3 is 1. The van der Waals surface area contributed by atoms with Gasteiger partial charge in [-0.2, -0.15) is 5.26 Å². The lowest BCUT2D eigenvalue weighted by atomic mass is 10.2. The van der Waals surface area contributed by atoms with Crippen LogP contribution < -0.4 is 0 Å². The van der Waals surface area contributed by atoms with E-state index < -0.39 is 0 Å². The van der Waals surface area contributed by atoms with Gasteiger partial charge >= 0.3 is 5.97 Å². The SMILES string of the molecule is COC(=O)CN(C)CC(C)C#N. The highest BCUT2D eigenvalue weighted by atomic mass is 16.5. The maximum atomic E-state index is 10.7. The minimum Gasteiger partial charge on any atom is -0.468 e. The minimum atomic E-state index is -0.275. The molecule has 0 aliphatic rings. The molecule has 0 fully saturated rings. The van der Waals surface area contributed by atoms with E-state index >= 15 is 0 Å². The molecule has 0 aliphatic heterocycles. The van der Waals surface area contributed by atoms with Crippen LogP contribution in [0.15, 0.2) is 0 Å². The Morgan fingerprint density at radius 2 is 2.33 bits per heavy atom. The molecular weight excluding hydrogens is 156 g/mol. The Morgan fingerprint density at radius 1 is 1.75 bits per heavy atom. The summed E-state index contributed by atoms with van der Waals surface area (Å²) in [5.41, 5.74) is 0. The van der Waals surface area contributed by atoms with Crippen LogP contribution in [0, 0.1) is 17.2 Å². The van der Waals surface area contributed by atoms with E-state index in [1.807, 2.05) is 6.92 Å². The van der Waals surface area contributed by atoms with Gasteiger partial charge in [0.15, 0.2) is 0 Å². The highest BCUT2D eigenvalue weighted by Crippen LogP contribution is 1.95. The average Bonchev–Trinajstić information content (AvgIpc) is 2.03. The molecule has 0 aromatic rings. The van der Waals surface area contributed by atoms with Gasteiger partial charge < -0.3 is 4.74 Å². The van der Waals surface area contributed by atoms with E-state index in [-0.39, 0.29) is 18.4 Å². The van der Waals surface area contributed by atoms with Gasteiger partial charge in [0.2, 0.25) is 0 Å². The Labute approximate surface area is 72.7 Å². The molecule has 12 heavy (non-hydrogen) atoms. The fourth-order valence-electron chi connectivity index (χ4n) is 0.858. The molecule has 4 heteroatoms. The lowest BCUT2D eigenvalue weighted by molar-refractivity contribution is -0.141. The predicted molar refractivity (Wildman–Crippen MR) is 44.3 cm³/mol. The van der Waals surface area contributed by atoms with Crippen LogP contribution >= 0.6 is 0 Å². The Hall–Kier alpha value is -1.08. The van der Waals surface area contributed by atoms with Crippen molar-refractivity contribution in [2.75, 3.05) is 27.2 Å². The van der Waals surface area contributed by atoms with E-state index in [9.17, 15) is 4.79 Å². The highest BCUT2D eigenvalue weighted by Gasteiger charge is 2.08. The van der Waals surface area contributed by atoms with Gasteiger partial charge in [0, 0.05) is 6.54 Å². The summed E-state index contributed by atoms with van der Waals surface area (Å²) in [6.45, 7) is 2.64. The van der Waals surface area contributed by atoms with Crippen LogP contribution in [-0.2, 0) is 9.53 Å². The third-order valence-electron chi connectivity index (χ3n) is 1.43. The third-order valence-corrected chi connectivity index (χ3v) is 1.43. The summed E-state index contributed by atoms with van der Waals surface area (Å²) in [5, 5.41) is 8.48. The first-order chi connectivity index (χ1) is 5.60. The molecule has 0 saturated heterocycles. The number of nitriles is 1. The number of esters is 1. The smallest absolute Gasteiger partial charge is 0.319 e. The Bertz CT molecular complexity index is 186. The van der Waals surface area contributed by atoms with Gasteiger partial charge in [0.1, 0.15) is 0 Å². The molecule has 1 atom stereocenters. The van der Waals surface area contributed by atoms with E-state index in [4.69, 9.17) is 5.26 Å². The van der Waals surface area contributed by atoms with E-state index in [0.29, 0.717) is 6.54 Å². The quantitative estimate of drug-likeness (QED) is 0.567. The van der Waals surface area contributed by atoms with Crippen LogP contribution in [0.2, 0.25) is 0 Å². The number of rotatable bonds is 4. The number of carbonyl (C=O) groups excluding carboxylic acids is 1. The molecule has 0 saturated carbocycles. The van der Waals surface area contributed by atoms with Gasteiger partial charge in [-0.1, -0.05) is 0 Å². The molecule has 0 rings (SSSR count). The molecule has 0 radical (unpaired) electrons. The van der Waals surface area contributed by atoms with Gasteiger partial charge in [0.25, 0.3) is 0 Å². The number of hydrogen-bond acceptors (Lipinski definition) is 4. The number of likely N-dealkylation sites (N-methyl/N-ethyl adjacent to an activating group) is 1. The Balaban J connectivity index is 3.67. The maximum absolute atomic E-state index is 10.7. The van der Waals surface area contributed by atoms with E-state index in [2.05, 4.69) is 10.8 Å². The molecule has 0 bridgehead atoms. The van der Waals surface area contributed by atoms with Crippen molar-refractivity contribution in [1.29, 1.82) is 5.26 Å². The number of carbonyl (C=O) groups is 1. The third kappa shape index (κ3) is 4.69. The van der Waals surface area contributed by atoms with Crippen molar-refractivity contribution in [2.24, 2.45) is 5.92 Å². The van der Waals surface area contributed by atoms with Crippen molar-refractivity contribution in [3.05, 3.63) is 0 Å². The molecule has 0 heterocycles. The number of nitrogens with zero attached hydrogens (tertiary/aromatic N) is 2. The van der Waals surface area contributed by atoms with Crippen LogP contribution in [0.3, 0.4) is 0 Å². The monoisotopic (exact) mass is 170 g/mol. The topological polar surface area (TPSA) is 53.3 Å². The van der Waals surface area contributed by atoms with E-state index in [0.717, 1.165) is 0 Å². The molecular formula is C8H14N2O2. The summed E-state index contributed by atoms with van der Waals surface area (Å²) in [5.74, 6) is -0.331. The molecule has 0 aromatic carbocycles. The van der Waals surface area contributed by atoms with Crippen LogP contribution in [0.1, 0.15) is 6.92 Å². The number of hydrogen-bond donors (Lipinski definition) is 0. The number of ether oxygens (including phenoxy) is 1. The largest absolute Gasteiger partial charge is 0.468 e. The fraction of sp³-hybridized carbons (Fsp3) is 0.750. The Kier molecular flexibility index (Phi) is 5.06. The first-order valence-corrected chi connectivity index (χ1v) is 3.75. The normalized spacial score (nSPS) is 12.2. The lowest BCUT2D eigenvalue weighted by Gasteiger charge is -2.15. The molecule has 4 nitrogen and oxygen atoms in total. The summed E-state index contributed by atoms with van der Waals surface area (Å²) in [6.07, 6.45) is 0. The molecule has 0 aromatic heterocycles. The summed E-state index contributed by atoms with van der Waals surface area (Å²) in [6, 6.07) is 2.09. The van der Waals surface area contributed by atoms with Crippen molar-refractivity contribution in [1.82, 2.24) is 4.90 Å². The van der Waals surface area contributed by atoms with Crippen LogP contribution in [0.25, 0.3) is 0 Å². The summed E-state index contributed by atoms with van der Waals surface area (Å²) in [4.78, 5) is 12.5. The maximum Gasteiger partial charge on any atom is 0.319 e. The second kappa shape index (κ2) is 5.56. The summed E-state index contributed by atoms with van der Waals surface area (Å²) in [7, 11) is 3.13. The van der Waals surface area contributed by atoms with Crippen molar-refractivity contribution < 1.29 is 9.53 Å². The first kappa shape index (κ1) is 10.9. The summed E-state index contributed by atoms with van der Waals surface area (Å²) >= 11 is 0. The zero-order valence-corrected chi connectivity index (χ0v) is 7.70. The van der Waals surface area contributed by atoms with Crippen LogP contribution in [0.5, 0.6) is 0 Å². The zero-order valence-electron chi connectivity index (χ0n) is 7.70. The van der Waals surface area contributed by atoms with Crippen molar-refractivity contribution in [3.63, 3.8) is 0 Å². The van der Waals surface area contributed by atoms with Crippen LogP contribution in [-0.4, -0.2) is 38.1 Å². The standard InChI is InChI=1S/C8H14N2O2/c1-7(4-9)5-10(2)6-8(11)12-3/h7H,5-6H2,1-3H3. The van der Waals surface area contributed by atoms with Gasteiger partial charge in [-0.25, -0.2) is 0 Å². The molecule has 0 spiro atoms. The van der Waals surface area contributed by atoms with Crippen LogP contribution in [0.4, 0.5) is 0 Å². The van der Waals surface area contributed by atoms with E-state index in [1.165, 1.54) is 7.11 Å². The van der Waals surface area contributed by atoms with Crippen molar-refractivity contribution in [2.45, 2.75) is 6.92 Å². The predicted octanol–water partition coefficient (Wildman–Crippen LogP) is 0.251. The second-order valence-corrected chi connectivity index (χ2v) is 2.80. The van der Waals surface area contributed by atoms with Crippen molar-refractivity contribution >= 4 is 5.97 Å². The Morgan fingerprint density at radius 3 is 2.75 bits per heavy atom. The molecule has 68 valence electrons. The lowest BCUT2D eigenvalue weighted by Crippen LogP contribution is -2.30. The summed E-state index contributed by atoms with van der Waals surface area (Å²) < 4.78 is 4.47. The zero-order chi connectivity index (χ0) is 9.56. The molecule has 0 N–H and O–H groups in total. The second-order valence-electron chi connectivity index (χ2n) is 2.80. The molecule has 1 unspecified atom stereocenters. The van der Waals surface area contributed by atoms with E-state index in [1.54, 1.807) is 11.9 Å². The molecule has 0 amide bonds. The van der Waals surface area contributed by atoms with Gasteiger partial charge in [-0.15, -0.1) is 0 Å². The van der Waals surface area contributed by atoms with Crippen molar-refractivity contribution in [3.8, 4) is 6.07 Å². The van der Waals surface area contributed by atoms with Gasteiger partial charge in [-0.3, -0.25) is 9.69 Å². The average molecular weight is 170 g/mol. The first-order valence-electron chi connectivity index (χ1n) is 3.75. The minimum absolute atomic E-state index is 0.0559. The highest BCUT2D eigenvalue weighted by molar-refractivity contribution is 5.71. The molecule has 0 aliphatic carbocycles.